The molecule has 1 aromatic carbocycles. The maximum Gasteiger partial charge on any atom is 0.327 e. The molecule has 150 valence electrons. The number of methoxy groups -OCH3 is 1. The Labute approximate surface area is 162 Å². The van der Waals surface area contributed by atoms with Gasteiger partial charge in [0.2, 0.25) is 0 Å². The number of urea groups is 1. The summed E-state index contributed by atoms with van der Waals surface area (Å²) in [6.45, 7) is 0.890. The molecular formula is C19H23N3O6. The van der Waals surface area contributed by atoms with Crippen LogP contribution in [0.3, 0.4) is 0 Å². The Morgan fingerprint density at radius 1 is 1.29 bits per heavy atom. The molecule has 28 heavy (non-hydrogen) atoms. The van der Waals surface area contributed by atoms with Crippen LogP contribution in [-0.4, -0.2) is 54.0 Å². The predicted octanol–water partition coefficient (Wildman–Crippen LogP) is 1.43. The number of amides is 4. The first kappa shape index (κ1) is 19.7. The van der Waals surface area contributed by atoms with Crippen LogP contribution in [0.25, 0.3) is 0 Å². The summed E-state index contributed by atoms with van der Waals surface area (Å²) < 4.78 is 10.2. The molecule has 2 aliphatic rings. The fourth-order valence-electron chi connectivity index (χ4n) is 3.50. The average Bonchev–Trinajstić information content (AvgIpc) is 3.22. The summed E-state index contributed by atoms with van der Waals surface area (Å²) >= 11 is 0. The van der Waals surface area contributed by atoms with E-state index in [9.17, 15) is 19.2 Å². The third-order valence-electron chi connectivity index (χ3n) is 5.00. The third-order valence-corrected chi connectivity index (χ3v) is 5.00. The van der Waals surface area contributed by atoms with E-state index in [1.54, 1.807) is 24.3 Å². The van der Waals surface area contributed by atoms with Crippen LogP contribution in [0.5, 0.6) is 5.75 Å². The van der Waals surface area contributed by atoms with Gasteiger partial charge in [-0.1, -0.05) is 18.9 Å². The average molecular weight is 389 g/mol. The maximum absolute atomic E-state index is 12.5. The Morgan fingerprint density at radius 3 is 2.68 bits per heavy atom. The van der Waals surface area contributed by atoms with Gasteiger partial charge in [-0.25, -0.2) is 4.79 Å². The van der Waals surface area contributed by atoms with E-state index in [1.807, 2.05) is 0 Å². The summed E-state index contributed by atoms with van der Waals surface area (Å²) in [6.07, 6.45) is 1.75. The molecule has 1 atom stereocenters. The van der Waals surface area contributed by atoms with Gasteiger partial charge in [-0.15, -0.1) is 0 Å². The second kappa shape index (κ2) is 7.87. The van der Waals surface area contributed by atoms with Gasteiger partial charge in [0.05, 0.1) is 7.11 Å². The highest BCUT2D eigenvalue weighted by molar-refractivity contribution is 6.09. The van der Waals surface area contributed by atoms with Crippen molar-refractivity contribution >= 4 is 29.5 Å². The molecule has 1 aliphatic heterocycles. The molecule has 3 rings (SSSR count). The second-order valence-electron chi connectivity index (χ2n) is 6.96. The largest absolute Gasteiger partial charge is 0.497 e. The predicted molar refractivity (Wildman–Crippen MR) is 98.6 cm³/mol. The van der Waals surface area contributed by atoms with Crippen molar-refractivity contribution < 1.29 is 28.7 Å². The van der Waals surface area contributed by atoms with Crippen LogP contribution in [0.2, 0.25) is 0 Å². The number of carbonyl (C=O) groups excluding carboxylic acids is 4. The van der Waals surface area contributed by atoms with Crippen LogP contribution < -0.4 is 15.4 Å². The lowest BCUT2D eigenvalue weighted by molar-refractivity contribution is -0.155. The van der Waals surface area contributed by atoms with Crippen molar-refractivity contribution in [3.05, 3.63) is 24.3 Å². The lowest BCUT2D eigenvalue weighted by atomic mass is 9.98. The highest BCUT2D eigenvalue weighted by Crippen LogP contribution is 2.34. The molecule has 4 amide bonds. The van der Waals surface area contributed by atoms with Crippen LogP contribution in [0, 0.1) is 0 Å². The van der Waals surface area contributed by atoms with Gasteiger partial charge in [-0.3, -0.25) is 19.3 Å². The Kier molecular flexibility index (Phi) is 5.53. The molecule has 2 fully saturated rings. The number of benzene rings is 1. The molecule has 1 spiro atoms. The summed E-state index contributed by atoms with van der Waals surface area (Å²) in [5.74, 6) is -1.19. The molecular weight excluding hydrogens is 366 g/mol. The number of ether oxygens (including phenoxy) is 2. The van der Waals surface area contributed by atoms with Crippen LogP contribution in [0.15, 0.2) is 24.3 Å². The number of anilines is 1. The van der Waals surface area contributed by atoms with Crippen molar-refractivity contribution in [1.82, 2.24) is 10.2 Å². The first-order valence-electron chi connectivity index (χ1n) is 9.13. The van der Waals surface area contributed by atoms with E-state index in [4.69, 9.17) is 9.47 Å². The van der Waals surface area contributed by atoms with E-state index >= 15 is 0 Å². The first-order valence-corrected chi connectivity index (χ1v) is 9.13. The van der Waals surface area contributed by atoms with Gasteiger partial charge in [0, 0.05) is 11.8 Å². The Balaban J connectivity index is 1.54. The van der Waals surface area contributed by atoms with Crippen molar-refractivity contribution in [2.75, 3.05) is 19.0 Å². The van der Waals surface area contributed by atoms with Crippen molar-refractivity contribution in [2.24, 2.45) is 0 Å². The first-order chi connectivity index (χ1) is 13.3. The zero-order chi connectivity index (χ0) is 20.3. The topological polar surface area (TPSA) is 114 Å². The molecule has 1 aromatic rings. The summed E-state index contributed by atoms with van der Waals surface area (Å²) in [6, 6.07) is 6.14. The van der Waals surface area contributed by atoms with Gasteiger partial charge in [0.1, 0.15) is 17.8 Å². The maximum atomic E-state index is 12.5. The normalized spacial score (nSPS) is 18.7. The Hall–Kier alpha value is -3.10. The third kappa shape index (κ3) is 3.92. The molecule has 1 saturated heterocycles. The van der Waals surface area contributed by atoms with E-state index in [0.717, 1.165) is 17.7 Å². The van der Waals surface area contributed by atoms with E-state index in [1.165, 1.54) is 14.0 Å². The van der Waals surface area contributed by atoms with Crippen molar-refractivity contribution in [1.29, 1.82) is 0 Å². The molecule has 0 aromatic heterocycles. The van der Waals surface area contributed by atoms with Gasteiger partial charge in [0.15, 0.2) is 6.10 Å². The van der Waals surface area contributed by atoms with Gasteiger partial charge in [0.25, 0.3) is 11.8 Å². The molecule has 9 nitrogen and oxygen atoms in total. The zero-order valence-electron chi connectivity index (χ0n) is 15.8. The lowest BCUT2D eigenvalue weighted by Gasteiger charge is -2.20. The summed E-state index contributed by atoms with van der Waals surface area (Å²) in [5.41, 5.74) is -0.392. The van der Waals surface area contributed by atoms with Crippen LogP contribution in [-0.2, 0) is 19.1 Å². The van der Waals surface area contributed by atoms with Gasteiger partial charge >= 0.3 is 12.0 Å². The molecule has 1 heterocycles. The molecule has 9 heteroatoms. The van der Waals surface area contributed by atoms with Crippen LogP contribution in [0.4, 0.5) is 10.5 Å². The number of rotatable bonds is 6. The fourth-order valence-corrected chi connectivity index (χ4v) is 3.50. The Bertz CT molecular complexity index is 803. The number of nitrogens with zero attached hydrogens (tertiary/aromatic N) is 1. The zero-order valence-corrected chi connectivity index (χ0v) is 15.8. The van der Waals surface area contributed by atoms with Crippen molar-refractivity contribution in [2.45, 2.75) is 44.2 Å². The van der Waals surface area contributed by atoms with Crippen molar-refractivity contribution in [3.63, 3.8) is 0 Å². The number of hydrogen-bond acceptors (Lipinski definition) is 6. The SMILES string of the molecule is COc1cccc(NC(=O)[C@H](C)OC(=O)CN2C(=O)NC3(CCCC3)C2=O)c1. The standard InChI is InChI=1S/C19H23N3O6/c1-12(16(24)20-13-6-5-7-14(10-13)27-2)28-15(23)11-22-17(25)19(21-18(22)26)8-3-4-9-19/h5-7,10,12H,3-4,8-9,11H2,1-2H3,(H,20,24)(H,21,26)/t12-/m0/s1. The number of imide groups is 1. The minimum absolute atomic E-state index is 0.402. The quantitative estimate of drug-likeness (QED) is 0.562. The van der Waals surface area contributed by atoms with Gasteiger partial charge < -0.3 is 20.1 Å². The van der Waals surface area contributed by atoms with E-state index < -0.39 is 42.0 Å². The fraction of sp³-hybridized carbons (Fsp3) is 0.474. The molecule has 0 radical (unpaired) electrons. The van der Waals surface area contributed by atoms with Crippen LogP contribution in [0.1, 0.15) is 32.6 Å². The van der Waals surface area contributed by atoms with E-state index in [-0.39, 0.29) is 0 Å². The highest BCUT2D eigenvalue weighted by Gasteiger charge is 2.52. The van der Waals surface area contributed by atoms with E-state index in [2.05, 4.69) is 10.6 Å². The highest BCUT2D eigenvalue weighted by atomic mass is 16.5. The minimum atomic E-state index is -1.10. The van der Waals surface area contributed by atoms with Crippen LogP contribution >= 0.6 is 0 Å². The summed E-state index contributed by atoms with van der Waals surface area (Å²) in [5, 5.41) is 5.31. The molecule has 1 saturated carbocycles. The molecule has 1 aliphatic carbocycles. The Morgan fingerprint density at radius 2 is 2.00 bits per heavy atom. The molecule has 0 bridgehead atoms. The van der Waals surface area contributed by atoms with E-state index in [0.29, 0.717) is 24.3 Å². The summed E-state index contributed by atoms with van der Waals surface area (Å²) in [7, 11) is 1.51. The van der Waals surface area contributed by atoms with Crippen molar-refractivity contribution in [3.8, 4) is 5.75 Å². The molecule has 0 unspecified atom stereocenters. The molecule has 2 N–H and O–H groups in total. The number of hydrogen-bond donors (Lipinski definition) is 2. The number of nitrogens with one attached hydrogen (secondary N) is 2. The van der Waals surface area contributed by atoms with Gasteiger partial charge in [-0.2, -0.15) is 0 Å². The van der Waals surface area contributed by atoms with Gasteiger partial charge in [-0.05, 0) is 31.9 Å². The number of carbonyl (C=O) groups is 4. The summed E-state index contributed by atoms with van der Waals surface area (Å²) in [4.78, 5) is 49.9. The second-order valence-corrected chi connectivity index (χ2v) is 6.96. The smallest absolute Gasteiger partial charge is 0.327 e. The monoisotopic (exact) mass is 389 g/mol. The number of esters is 1. The lowest BCUT2D eigenvalue weighted by Crippen LogP contribution is -2.44. The minimum Gasteiger partial charge on any atom is -0.497 e.